The number of rotatable bonds is 6. The van der Waals surface area contributed by atoms with E-state index in [2.05, 4.69) is 4.74 Å². The maximum absolute atomic E-state index is 13.3. The van der Waals surface area contributed by atoms with Crippen molar-refractivity contribution in [3.05, 3.63) is 34.6 Å². The van der Waals surface area contributed by atoms with Crippen LogP contribution in [0.5, 0.6) is 0 Å². The molecule has 0 saturated carbocycles. The lowest BCUT2D eigenvalue weighted by Crippen LogP contribution is -2.13. The number of esters is 1. The Hall–Kier alpha value is -1.99. The third-order valence-corrected chi connectivity index (χ3v) is 2.75. The molecule has 21 heavy (non-hydrogen) atoms. The van der Waals surface area contributed by atoms with Crippen molar-refractivity contribution in [2.45, 2.75) is 25.7 Å². The Bertz CT molecular complexity index is 542. The smallest absolute Gasteiger partial charge is 0.305 e. The highest BCUT2D eigenvalue weighted by Gasteiger charge is 2.29. The summed E-state index contributed by atoms with van der Waals surface area (Å²) in [7, 11) is 1.17. The number of halogens is 5. The number of Topliss-reactive ketones (excluding diaryl/α,β-unsaturated/α-hetero) is 1. The van der Waals surface area contributed by atoms with E-state index in [1.54, 1.807) is 0 Å². The number of carbonyl (C=O) groups excluding carboxylic acids is 2. The van der Waals surface area contributed by atoms with E-state index >= 15 is 0 Å². The highest BCUT2D eigenvalue weighted by molar-refractivity contribution is 5.96. The Morgan fingerprint density at radius 2 is 1.24 bits per heavy atom. The van der Waals surface area contributed by atoms with E-state index in [4.69, 9.17) is 0 Å². The first-order valence-electron chi connectivity index (χ1n) is 5.92. The van der Waals surface area contributed by atoms with Crippen LogP contribution in [0.2, 0.25) is 0 Å². The molecule has 3 nitrogen and oxygen atoms in total. The normalized spacial score (nSPS) is 10.6. The third kappa shape index (κ3) is 3.77. The van der Waals surface area contributed by atoms with Gasteiger partial charge in [0.1, 0.15) is 0 Å². The predicted molar refractivity (Wildman–Crippen MR) is 61.0 cm³/mol. The van der Waals surface area contributed by atoms with Crippen LogP contribution in [-0.4, -0.2) is 18.9 Å². The fraction of sp³-hybridized carbons (Fsp3) is 0.385. The Kier molecular flexibility index (Phi) is 5.80. The molecule has 0 aromatic heterocycles. The minimum absolute atomic E-state index is 0.0130. The molecule has 0 heterocycles. The zero-order valence-electron chi connectivity index (χ0n) is 10.9. The number of carbonyl (C=O) groups is 2. The van der Waals surface area contributed by atoms with Crippen molar-refractivity contribution in [3.63, 3.8) is 0 Å². The van der Waals surface area contributed by atoms with Gasteiger partial charge in [-0.25, -0.2) is 22.0 Å². The van der Waals surface area contributed by atoms with E-state index in [0.717, 1.165) is 0 Å². The molecule has 0 N–H and O–H groups in total. The van der Waals surface area contributed by atoms with E-state index in [1.807, 2.05) is 0 Å². The Balaban J connectivity index is 2.82. The largest absolute Gasteiger partial charge is 0.469 e. The summed E-state index contributed by atoms with van der Waals surface area (Å²) in [6.45, 7) is 0. The van der Waals surface area contributed by atoms with Gasteiger partial charge in [-0.3, -0.25) is 9.59 Å². The molecule has 0 amide bonds. The Labute approximate surface area is 116 Å². The van der Waals surface area contributed by atoms with Crippen molar-refractivity contribution in [2.75, 3.05) is 7.11 Å². The highest BCUT2D eigenvalue weighted by atomic mass is 19.2. The number of ketones is 1. The number of methoxy groups -OCH3 is 1. The van der Waals surface area contributed by atoms with Crippen molar-refractivity contribution < 1.29 is 36.3 Å². The standard InChI is InChI=1S/C13H11F5O3/c1-21-7(20)5-3-2-4-6(19)8-9(14)11(16)13(18)12(17)10(8)15/h2-5H2,1H3. The molecule has 8 heteroatoms. The molecule has 1 aromatic carbocycles. The van der Waals surface area contributed by atoms with Gasteiger partial charge >= 0.3 is 5.97 Å². The second-order valence-electron chi connectivity index (χ2n) is 4.15. The molecular weight excluding hydrogens is 299 g/mol. The summed E-state index contributed by atoms with van der Waals surface area (Å²) in [4.78, 5) is 22.4. The number of ether oxygens (including phenoxy) is 1. The van der Waals surface area contributed by atoms with E-state index in [-0.39, 0.29) is 19.3 Å². The minimum atomic E-state index is -2.31. The van der Waals surface area contributed by atoms with Gasteiger partial charge in [0, 0.05) is 12.8 Å². The van der Waals surface area contributed by atoms with Gasteiger partial charge in [-0.1, -0.05) is 0 Å². The van der Waals surface area contributed by atoms with Gasteiger partial charge in [0.15, 0.2) is 29.1 Å². The number of benzene rings is 1. The van der Waals surface area contributed by atoms with Gasteiger partial charge in [-0.2, -0.15) is 0 Å². The van der Waals surface area contributed by atoms with Crippen LogP contribution in [0.1, 0.15) is 36.0 Å². The summed E-state index contributed by atoms with van der Waals surface area (Å²) in [6, 6.07) is 0. The monoisotopic (exact) mass is 310 g/mol. The van der Waals surface area contributed by atoms with Gasteiger partial charge < -0.3 is 4.74 Å². The maximum Gasteiger partial charge on any atom is 0.305 e. The van der Waals surface area contributed by atoms with Crippen molar-refractivity contribution in [2.24, 2.45) is 0 Å². The molecule has 0 radical (unpaired) electrons. The van der Waals surface area contributed by atoms with Crippen LogP contribution in [0.25, 0.3) is 0 Å². The first-order valence-corrected chi connectivity index (χ1v) is 5.92. The molecule has 0 atom stereocenters. The third-order valence-electron chi connectivity index (χ3n) is 2.75. The van der Waals surface area contributed by atoms with Crippen LogP contribution in [0, 0.1) is 29.1 Å². The average Bonchev–Trinajstić information content (AvgIpc) is 2.47. The molecule has 1 aromatic rings. The lowest BCUT2D eigenvalue weighted by Gasteiger charge is -2.07. The molecular formula is C13H11F5O3. The Morgan fingerprint density at radius 3 is 1.71 bits per heavy atom. The first-order chi connectivity index (χ1) is 9.81. The van der Waals surface area contributed by atoms with Crippen molar-refractivity contribution in [3.8, 4) is 0 Å². The molecule has 1 rings (SSSR count). The maximum atomic E-state index is 13.3. The van der Waals surface area contributed by atoms with Crippen molar-refractivity contribution in [1.29, 1.82) is 0 Å². The second-order valence-corrected chi connectivity index (χ2v) is 4.15. The summed E-state index contributed by atoms with van der Waals surface area (Å²) in [5.74, 6) is -12.7. The fourth-order valence-corrected chi connectivity index (χ4v) is 1.63. The lowest BCUT2D eigenvalue weighted by atomic mass is 10.0. The zero-order valence-corrected chi connectivity index (χ0v) is 10.9. The summed E-state index contributed by atoms with van der Waals surface area (Å²) in [5, 5.41) is 0. The molecule has 0 bridgehead atoms. The van der Waals surface area contributed by atoms with Crippen LogP contribution in [0.3, 0.4) is 0 Å². The van der Waals surface area contributed by atoms with Crippen molar-refractivity contribution in [1.82, 2.24) is 0 Å². The summed E-state index contributed by atoms with van der Waals surface area (Å²) in [6.07, 6.45) is -0.225. The SMILES string of the molecule is COC(=O)CCCCC(=O)c1c(F)c(F)c(F)c(F)c1F. The van der Waals surface area contributed by atoms with Gasteiger partial charge in [0.05, 0.1) is 12.7 Å². The zero-order chi connectivity index (χ0) is 16.2. The quantitative estimate of drug-likeness (QED) is 0.202. The van der Waals surface area contributed by atoms with E-state index in [1.165, 1.54) is 7.11 Å². The summed E-state index contributed by atoms with van der Waals surface area (Å²) >= 11 is 0. The Morgan fingerprint density at radius 1 is 0.810 bits per heavy atom. The van der Waals surface area contributed by atoms with Crippen LogP contribution < -0.4 is 0 Å². The van der Waals surface area contributed by atoms with E-state index in [0.29, 0.717) is 0 Å². The molecule has 0 aliphatic heterocycles. The van der Waals surface area contributed by atoms with Crippen LogP contribution in [0.15, 0.2) is 0 Å². The molecule has 0 aliphatic carbocycles. The van der Waals surface area contributed by atoms with Crippen molar-refractivity contribution >= 4 is 11.8 Å². The number of hydrogen-bond acceptors (Lipinski definition) is 3. The second kappa shape index (κ2) is 7.14. The highest BCUT2D eigenvalue weighted by Crippen LogP contribution is 2.24. The fourth-order valence-electron chi connectivity index (χ4n) is 1.63. The van der Waals surface area contributed by atoms with Crippen LogP contribution in [0.4, 0.5) is 22.0 Å². The molecule has 0 saturated heterocycles. The van der Waals surface area contributed by atoms with Gasteiger partial charge in [-0.15, -0.1) is 0 Å². The minimum Gasteiger partial charge on any atom is -0.469 e. The average molecular weight is 310 g/mol. The predicted octanol–water partition coefficient (Wildman–Crippen LogP) is 3.30. The van der Waals surface area contributed by atoms with Crippen LogP contribution in [-0.2, 0) is 9.53 Å². The van der Waals surface area contributed by atoms with Gasteiger partial charge in [0.2, 0.25) is 5.82 Å². The summed E-state index contributed by atoms with van der Waals surface area (Å²) < 4.78 is 69.7. The van der Waals surface area contributed by atoms with Gasteiger partial charge in [-0.05, 0) is 12.8 Å². The number of hydrogen-bond donors (Lipinski definition) is 0. The van der Waals surface area contributed by atoms with E-state index in [9.17, 15) is 31.5 Å². The number of unbranched alkanes of at least 4 members (excludes halogenated alkanes) is 1. The van der Waals surface area contributed by atoms with Crippen LogP contribution >= 0.6 is 0 Å². The molecule has 116 valence electrons. The van der Waals surface area contributed by atoms with Gasteiger partial charge in [0.25, 0.3) is 0 Å². The molecule has 0 unspecified atom stereocenters. The topological polar surface area (TPSA) is 43.4 Å². The molecule has 0 aliphatic rings. The lowest BCUT2D eigenvalue weighted by molar-refractivity contribution is -0.140. The first kappa shape index (κ1) is 17.1. The summed E-state index contributed by atoms with van der Waals surface area (Å²) in [5.41, 5.74) is -1.45. The van der Waals surface area contributed by atoms with E-state index < -0.39 is 52.8 Å². The molecule has 0 spiro atoms. The molecule has 0 fully saturated rings.